The lowest BCUT2D eigenvalue weighted by Crippen LogP contribution is -1.94. The number of hydrogen-bond donors (Lipinski definition) is 1. The number of nitrogens with two attached hydrogens (primary N) is 1. The van der Waals surface area contributed by atoms with Crippen LogP contribution in [0.15, 0.2) is 29.6 Å². The molecule has 3 nitrogen and oxygen atoms in total. The topological polar surface area (TPSA) is 43.3 Å². The number of imidazole rings is 1. The normalized spacial score (nSPS) is 11.2. The molecule has 0 aliphatic carbocycles. The standard InChI is InChI=1S/C12H10ClN3S/c1-7-6-17-12-15-10(11(14)16(7)12)8-2-4-9(13)5-3-8/h2-6H,14H2,1H3. The fourth-order valence-corrected chi connectivity index (χ4v) is 2.84. The summed E-state index contributed by atoms with van der Waals surface area (Å²) in [5, 5.41) is 2.76. The fraction of sp³-hybridized carbons (Fsp3) is 0.0833. The zero-order valence-electron chi connectivity index (χ0n) is 9.14. The summed E-state index contributed by atoms with van der Waals surface area (Å²) >= 11 is 7.46. The Bertz CT molecular complexity index is 682. The predicted molar refractivity (Wildman–Crippen MR) is 72.7 cm³/mol. The van der Waals surface area contributed by atoms with Crippen molar-refractivity contribution in [2.45, 2.75) is 6.92 Å². The maximum atomic E-state index is 6.13. The van der Waals surface area contributed by atoms with E-state index in [2.05, 4.69) is 4.98 Å². The number of nitrogens with zero attached hydrogens (tertiary/aromatic N) is 2. The molecule has 2 heterocycles. The van der Waals surface area contributed by atoms with Gasteiger partial charge >= 0.3 is 0 Å². The van der Waals surface area contributed by atoms with Crippen molar-refractivity contribution in [2.24, 2.45) is 0 Å². The van der Waals surface area contributed by atoms with Gasteiger partial charge in [0.2, 0.25) is 0 Å². The molecule has 3 rings (SSSR count). The van der Waals surface area contributed by atoms with Gasteiger partial charge in [0.1, 0.15) is 11.5 Å². The summed E-state index contributed by atoms with van der Waals surface area (Å²) in [7, 11) is 0. The first-order chi connectivity index (χ1) is 8.16. The fourth-order valence-electron chi connectivity index (χ4n) is 1.84. The SMILES string of the molecule is Cc1csc2nc(-c3ccc(Cl)cc3)c(N)n12. The highest BCUT2D eigenvalue weighted by atomic mass is 35.5. The van der Waals surface area contributed by atoms with Gasteiger partial charge in [-0.15, -0.1) is 11.3 Å². The molecule has 0 spiro atoms. The molecule has 0 aliphatic rings. The number of aryl methyl sites for hydroxylation is 1. The highest BCUT2D eigenvalue weighted by Crippen LogP contribution is 2.30. The second kappa shape index (κ2) is 3.75. The monoisotopic (exact) mass is 263 g/mol. The molecule has 5 heteroatoms. The summed E-state index contributed by atoms with van der Waals surface area (Å²) < 4.78 is 1.97. The highest BCUT2D eigenvalue weighted by molar-refractivity contribution is 7.15. The Morgan fingerprint density at radius 3 is 2.65 bits per heavy atom. The molecular formula is C12H10ClN3S. The summed E-state index contributed by atoms with van der Waals surface area (Å²) in [5.74, 6) is 0.682. The van der Waals surface area contributed by atoms with Gasteiger partial charge in [0.15, 0.2) is 4.96 Å². The van der Waals surface area contributed by atoms with Gasteiger partial charge in [0, 0.05) is 21.7 Å². The van der Waals surface area contributed by atoms with E-state index in [1.54, 1.807) is 11.3 Å². The minimum atomic E-state index is 0.682. The van der Waals surface area contributed by atoms with Crippen LogP contribution >= 0.6 is 22.9 Å². The molecular weight excluding hydrogens is 254 g/mol. The number of hydrogen-bond acceptors (Lipinski definition) is 3. The molecule has 0 saturated heterocycles. The van der Waals surface area contributed by atoms with Gasteiger partial charge in [-0.3, -0.25) is 4.40 Å². The van der Waals surface area contributed by atoms with Gasteiger partial charge in [-0.05, 0) is 19.1 Å². The Labute approximate surface area is 107 Å². The number of benzene rings is 1. The maximum Gasteiger partial charge on any atom is 0.196 e. The Balaban J connectivity index is 2.23. The van der Waals surface area contributed by atoms with Gasteiger partial charge in [-0.2, -0.15) is 0 Å². The van der Waals surface area contributed by atoms with Crippen molar-refractivity contribution < 1.29 is 0 Å². The van der Waals surface area contributed by atoms with E-state index >= 15 is 0 Å². The summed E-state index contributed by atoms with van der Waals surface area (Å²) in [6.07, 6.45) is 0. The Hall–Kier alpha value is -1.52. The summed E-state index contributed by atoms with van der Waals surface area (Å²) in [4.78, 5) is 5.47. The van der Waals surface area contributed by atoms with E-state index in [9.17, 15) is 0 Å². The van der Waals surface area contributed by atoms with Crippen LogP contribution in [0, 0.1) is 6.92 Å². The molecule has 2 N–H and O–H groups in total. The van der Waals surface area contributed by atoms with E-state index < -0.39 is 0 Å². The minimum absolute atomic E-state index is 0.682. The number of aromatic nitrogens is 2. The molecule has 0 radical (unpaired) electrons. The number of thiazole rings is 1. The van der Waals surface area contributed by atoms with E-state index in [0.29, 0.717) is 10.8 Å². The summed E-state index contributed by atoms with van der Waals surface area (Å²) in [6, 6.07) is 7.55. The zero-order chi connectivity index (χ0) is 12.0. The highest BCUT2D eigenvalue weighted by Gasteiger charge is 2.13. The largest absolute Gasteiger partial charge is 0.383 e. The molecule has 3 aromatic rings. The van der Waals surface area contributed by atoms with E-state index in [-0.39, 0.29) is 0 Å². The van der Waals surface area contributed by atoms with Crippen LogP contribution in [-0.4, -0.2) is 9.38 Å². The average Bonchev–Trinajstić information content (AvgIpc) is 2.83. The van der Waals surface area contributed by atoms with Crippen molar-refractivity contribution in [3.63, 3.8) is 0 Å². The number of halogens is 1. The molecule has 0 unspecified atom stereocenters. The van der Waals surface area contributed by atoms with Crippen LogP contribution in [0.1, 0.15) is 5.69 Å². The molecule has 86 valence electrons. The van der Waals surface area contributed by atoms with Crippen molar-refractivity contribution in [2.75, 3.05) is 5.73 Å². The van der Waals surface area contributed by atoms with Crippen LogP contribution in [0.3, 0.4) is 0 Å². The van der Waals surface area contributed by atoms with Crippen molar-refractivity contribution in [3.05, 3.63) is 40.4 Å². The average molecular weight is 264 g/mol. The smallest absolute Gasteiger partial charge is 0.196 e. The predicted octanol–water partition coefficient (Wildman–Crippen LogP) is 3.61. The quantitative estimate of drug-likeness (QED) is 0.729. The second-order valence-corrected chi connectivity index (χ2v) is 5.12. The van der Waals surface area contributed by atoms with Crippen molar-refractivity contribution >= 4 is 33.7 Å². The summed E-state index contributed by atoms with van der Waals surface area (Å²) in [5.41, 5.74) is 9.04. The van der Waals surface area contributed by atoms with Crippen molar-refractivity contribution in [1.29, 1.82) is 0 Å². The first-order valence-corrected chi connectivity index (χ1v) is 6.40. The lowest BCUT2D eigenvalue weighted by molar-refractivity contribution is 1.14. The molecule has 0 amide bonds. The van der Waals surface area contributed by atoms with Gasteiger partial charge in [0.05, 0.1) is 0 Å². The third-order valence-electron chi connectivity index (χ3n) is 2.69. The van der Waals surface area contributed by atoms with Crippen LogP contribution in [0.5, 0.6) is 0 Å². The lowest BCUT2D eigenvalue weighted by atomic mass is 10.1. The number of rotatable bonds is 1. The Morgan fingerprint density at radius 2 is 2.00 bits per heavy atom. The van der Waals surface area contributed by atoms with E-state index in [1.165, 1.54) is 0 Å². The molecule has 0 aliphatic heterocycles. The van der Waals surface area contributed by atoms with E-state index in [4.69, 9.17) is 17.3 Å². The summed E-state index contributed by atoms with van der Waals surface area (Å²) in [6.45, 7) is 2.02. The molecule has 0 fully saturated rings. The first kappa shape index (κ1) is 10.6. The van der Waals surface area contributed by atoms with Crippen LogP contribution in [0.25, 0.3) is 16.2 Å². The molecule has 2 aromatic heterocycles. The number of nitrogen functional groups attached to an aromatic ring is 1. The maximum absolute atomic E-state index is 6.13. The number of anilines is 1. The molecule has 1 aromatic carbocycles. The molecule has 0 atom stereocenters. The van der Waals surface area contributed by atoms with Crippen LogP contribution in [0.4, 0.5) is 5.82 Å². The Kier molecular flexibility index (Phi) is 2.34. The molecule has 17 heavy (non-hydrogen) atoms. The van der Waals surface area contributed by atoms with Crippen LogP contribution in [-0.2, 0) is 0 Å². The Morgan fingerprint density at radius 1 is 1.29 bits per heavy atom. The second-order valence-electron chi connectivity index (χ2n) is 3.85. The van der Waals surface area contributed by atoms with Gasteiger partial charge in [-0.25, -0.2) is 4.98 Å². The molecule has 0 saturated carbocycles. The van der Waals surface area contributed by atoms with Crippen molar-refractivity contribution in [3.8, 4) is 11.3 Å². The van der Waals surface area contributed by atoms with Crippen molar-refractivity contribution in [1.82, 2.24) is 9.38 Å². The van der Waals surface area contributed by atoms with Crippen LogP contribution < -0.4 is 5.73 Å². The third kappa shape index (κ3) is 1.61. The van der Waals surface area contributed by atoms with E-state index in [0.717, 1.165) is 21.9 Å². The van der Waals surface area contributed by atoms with Gasteiger partial charge < -0.3 is 5.73 Å². The minimum Gasteiger partial charge on any atom is -0.383 e. The zero-order valence-corrected chi connectivity index (χ0v) is 10.7. The number of fused-ring (bicyclic) bond motifs is 1. The first-order valence-electron chi connectivity index (χ1n) is 5.15. The van der Waals surface area contributed by atoms with Gasteiger partial charge in [0.25, 0.3) is 0 Å². The van der Waals surface area contributed by atoms with E-state index in [1.807, 2.05) is 41.0 Å². The third-order valence-corrected chi connectivity index (χ3v) is 3.88. The van der Waals surface area contributed by atoms with Gasteiger partial charge in [-0.1, -0.05) is 23.7 Å². The van der Waals surface area contributed by atoms with Crippen LogP contribution in [0.2, 0.25) is 5.02 Å². The molecule has 0 bridgehead atoms. The lowest BCUT2D eigenvalue weighted by Gasteiger charge is -2.00.